The summed E-state index contributed by atoms with van der Waals surface area (Å²) in [5.74, 6) is 0.954. The van der Waals surface area contributed by atoms with Crippen LogP contribution in [0.15, 0.2) is 48.5 Å². The van der Waals surface area contributed by atoms with Gasteiger partial charge in [-0.15, -0.1) is 0 Å². The lowest BCUT2D eigenvalue weighted by molar-refractivity contribution is -0.122. The van der Waals surface area contributed by atoms with Gasteiger partial charge in [-0.1, -0.05) is 56.0 Å². The van der Waals surface area contributed by atoms with E-state index in [4.69, 9.17) is 4.74 Å². The van der Waals surface area contributed by atoms with Crippen molar-refractivity contribution in [1.82, 2.24) is 0 Å². The summed E-state index contributed by atoms with van der Waals surface area (Å²) in [6.45, 7) is 6.25. The standard InChI is InChI=1S/C24H31NO2/c1-4-19(3)27-22-14-12-21(13-15-22)25-23(26)24(16-6-5-7-17-24)20-10-8-18(2)9-11-20/h8-15,19H,4-7,16-17H2,1-3H3,(H,25,26)/t19-/m0/s1. The van der Waals surface area contributed by atoms with Gasteiger partial charge < -0.3 is 10.1 Å². The van der Waals surface area contributed by atoms with Gasteiger partial charge in [-0.2, -0.15) is 0 Å². The van der Waals surface area contributed by atoms with Crippen molar-refractivity contribution in [1.29, 1.82) is 0 Å². The summed E-state index contributed by atoms with van der Waals surface area (Å²) in [5.41, 5.74) is 2.77. The highest BCUT2D eigenvalue weighted by atomic mass is 16.5. The lowest BCUT2D eigenvalue weighted by Gasteiger charge is -2.36. The molecule has 144 valence electrons. The van der Waals surface area contributed by atoms with Crippen LogP contribution in [0.5, 0.6) is 5.75 Å². The van der Waals surface area contributed by atoms with Crippen LogP contribution in [0.1, 0.15) is 63.5 Å². The lowest BCUT2D eigenvalue weighted by Crippen LogP contribution is -2.42. The molecule has 1 fully saturated rings. The summed E-state index contributed by atoms with van der Waals surface area (Å²) < 4.78 is 5.83. The molecule has 3 rings (SSSR count). The highest BCUT2D eigenvalue weighted by molar-refractivity contribution is 5.99. The van der Waals surface area contributed by atoms with Crippen LogP contribution in [0.25, 0.3) is 0 Å². The number of anilines is 1. The monoisotopic (exact) mass is 365 g/mol. The first kappa shape index (κ1) is 19.5. The molecule has 0 radical (unpaired) electrons. The third kappa shape index (κ3) is 4.52. The molecule has 0 spiro atoms. The van der Waals surface area contributed by atoms with Crippen molar-refractivity contribution in [3.8, 4) is 5.75 Å². The summed E-state index contributed by atoms with van der Waals surface area (Å²) >= 11 is 0. The normalized spacial score (nSPS) is 17.1. The first-order chi connectivity index (χ1) is 13.0. The molecular formula is C24H31NO2. The number of rotatable bonds is 6. The van der Waals surface area contributed by atoms with E-state index >= 15 is 0 Å². The van der Waals surface area contributed by atoms with Crippen LogP contribution in [-0.4, -0.2) is 12.0 Å². The van der Waals surface area contributed by atoms with Gasteiger partial charge in [0.05, 0.1) is 11.5 Å². The Kier molecular flexibility index (Phi) is 6.20. The van der Waals surface area contributed by atoms with Gasteiger partial charge in [-0.3, -0.25) is 4.79 Å². The van der Waals surface area contributed by atoms with Crippen LogP contribution >= 0.6 is 0 Å². The maximum Gasteiger partial charge on any atom is 0.235 e. The Morgan fingerprint density at radius 3 is 2.26 bits per heavy atom. The molecule has 2 aromatic rings. The number of hydrogen-bond donors (Lipinski definition) is 1. The first-order valence-electron chi connectivity index (χ1n) is 10.2. The second-order valence-corrected chi connectivity index (χ2v) is 7.82. The van der Waals surface area contributed by atoms with Crippen molar-refractivity contribution in [2.75, 3.05) is 5.32 Å². The molecular weight excluding hydrogens is 334 g/mol. The summed E-state index contributed by atoms with van der Waals surface area (Å²) in [5, 5.41) is 3.17. The molecule has 0 bridgehead atoms. The molecule has 3 heteroatoms. The molecule has 1 amide bonds. The summed E-state index contributed by atoms with van der Waals surface area (Å²) in [4.78, 5) is 13.3. The van der Waals surface area contributed by atoms with E-state index < -0.39 is 5.41 Å². The number of aryl methyl sites for hydroxylation is 1. The van der Waals surface area contributed by atoms with Gasteiger partial charge in [0.1, 0.15) is 5.75 Å². The van der Waals surface area contributed by atoms with Crippen molar-refractivity contribution in [2.45, 2.75) is 70.8 Å². The Hall–Kier alpha value is -2.29. The maximum atomic E-state index is 13.3. The van der Waals surface area contributed by atoms with E-state index in [1.54, 1.807) is 0 Å². The Morgan fingerprint density at radius 1 is 1.04 bits per heavy atom. The van der Waals surface area contributed by atoms with Gasteiger partial charge in [0.15, 0.2) is 0 Å². The predicted molar refractivity (Wildman–Crippen MR) is 111 cm³/mol. The third-order valence-electron chi connectivity index (χ3n) is 5.77. The van der Waals surface area contributed by atoms with E-state index in [1.165, 1.54) is 12.0 Å². The van der Waals surface area contributed by atoms with Crippen LogP contribution in [-0.2, 0) is 10.2 Å². The third-order valence-corrected chi connectivity index (χ3v) is 5.77. The molecule has 1 N–H and O–H groups in total. The Morgan fingerprint density at radius 2 is 1.67 bits per heavy atom. The van der Waals surface area contributed by atoms with Crippen molar-refractivity contribution in [3.63, 3.8) is 0 Å². The number of amides is 1. The second kappa shape index (κ2) is 8.60. The number of nitrogens with one attached hydrogen (secondary N) is 1. The van der Waals surface area contributed by atoms with E-state index in [1.807, 2.05) is 24.3 Å². The number of hydrogen-bond acceptors (Lipinski definition) is 2. The van der Waals surface area contributed by atoms with Gasteiger partial charge in [-0.05, 0) is 62.9 Å². The van der Waals surface area contributed by atoms with E-state index in [9.17, 15) is 4.79 Å². The zero-order valence-electron chi connectivity index (χ0n) is 16.8. The number of ether oxygens (including phenoxy) is 1. The minimum Gasteiger partial charge on any atom is -0.491 e. The number of carbonyl (C=O) groups is 1. The highest BCUT2D eigenvalue weighted by Gasteiger charge is 2.41. The summed E-state index contributed by atoms with van der Waals surface area (Å²) in [7, 11) is 0. The molecule has 1 atom stereocenters. The van der Waals surface area contributed by atoms with Gasteiger partial charge in [0, 0.05) is 5.69 Å². The molecule has 0 saturated heterocycles. The topological polar surface area (TPSA) is 38.3 Å². The van der Waals surface area contributed by atoms with Gasteiger partial charge in [-0.25, -0.2) is 0 Å². The Balaban J connectivity index is 1.78. The second-order valence-electron chi connectivity index (χ2n) is 7.82. The van der Waals surface area contributed by atoms with E-state index in [0.717, 1.165) is 49.1 Å². The number of carbonyl (C=O) groups excluding carboxylic acids is 1. The molecule has 1 aliphatic carbocycles. The van der Waals surface area contributed by atoms with Crippen LogP contribution in [0.3, 0.4) is 0 Å². The smallest absolute Gasteiger partial charge is 0.235 e. The zero-order valence-corrected chi connectivity index (χ0v) is 16.8. The molecule has 27 heavy (non-hydrogen) atoms. The zero-order chi connectivity index (χ0) is 19.3. The molecule has 0 unspecified atom stereocenters. The van der Waals surface area contributed by atoms with E-state index in [2.05, 4.69) is 50.4 Å². The summed E-state index contributed by atoms with van der Waals surface area (Å²) in [6.07, 6.45) is 6.40. The Labute approximate surface area is 163 Å². The average Bonchev–Trinajstić information content (AvgIpc) is 2.70. The fraction of sp³-hybridized carbons (Fsp3) is 0.458. The van der Waals surface area contributed by atoms with Crippen molar-refractivity contribution < 1.29 is 9.53 Å². The predicted octanol–water partition coefficient (Wildman–Crippen LogP) is 6.01. The fourth-order valence-corrected chi connectivity index (χ4v) is 3.86. The van der Waals surface area contributed by atoms with E-state index in [-0.39, 0.29) is 12.0 Å². The minimum atomic E-state index is -0.419. The molecule has 0 aromatic heterocycles. The van der Waals surface area contributed by atoms with Crippen LogP contribution < -0.4 is 10.1 Å². The Bertz CT molecular complexity index is 743. The van der Waals surface area contributed by atoms with Crippen LogP contribution in [0.4, 0.5) is 5.69 Å². The molecule has 2 aromatic carbocycles. The molecule has 1 saturated carbocycles. The fourth-order valence-electron chi connectivity index (χ4n) is 3.86. The minimum absolute atomic E-state index is 0.113. The van der Waals surface area contributed by atoms with Crippen molar-refractivity contribution >= 4 is 11.6 Å². The summed E-state index contributed by atoms with van der Waals surface area (Å²) in [6, 6.07) is 16.2. The molecule has 3 nitrogen and oxygen atoms in total. The average molecular weight is 366 g/mol. The maximum absolute atomic E-state index is 13.3. The molecule has 0 aliphatic heterocycles. The number of benzene rings is 2. The van der Waals surface area contributed by atoms with Crippen LogP contribution in [0, 0.1) is 6.92 Å². The van der Waals surface area contributed by atoms with Gasteiger partial charge in [0.2, 0.25) is 5.91 Å². The first-order valence-corrected chi connectivity index (χ1v) is 10.2. The SMILES string of the molecule is CC[C@H](C)Oc1ccc(NC(=O)C2(c3ccc(C)cc3)CCCCC2)cc1. The van der Waals surface area contributed by atoms with Crippen LogP contribution in [0.2, 0.25) is 0 Å². The highest BCUT2D eigenvalue weighted by Crippen LogP contribution is 2.40. The lowest BCUT2D eigenvalue weighted by atomic mass is 9.68. The van der Waals surface area contributed by atoms with Gasteiger partial charge >= 0.3 is 0 Å². The quantitative estimate of drug-likeness (QED) is 0.680. The molecule has 0 heterocycles. The van der Waals surface area contributed by atoms with Crippen molar-refractivity contribution in [3.05, 3.63) is 59.7 Å². The largest absolute Gasteiger partial charge is 0.491 e. The van der Waals surface area contributed by atoms with E-state index in [0.29, 0.717) is 0 Å². The van der Waals surface area contributed by atoms with Crippen molar-refractivity contribution in [2.24, 2.45) is 0 Å². The van der Waals surface area contributed by atoms with Gasteiger partial charge in [0.25, 0.3) is 0 Å². The molecule has 1 aliphatic rings.